The van der Waals surface area contributed by atoms with Crippen LogP contribution >= 0.6 is 0 Å². The van der Waals surface area contributed by atoms with E-state index in [-0.39, 0.29) is 6.04 Å². The topological polar surface area (TPSA) is 86.1 Å². The van der Waals surface area contributed by atoms with Crippen molar-refractivity contribution in [2.45, 2.75) is 71.5 Å². The van der Waals surface area contributed by atoms with E-state index in [0.717, 1.165) is 41.8 Å². The van der Waals surface area contributed by atoms with E-state index >= 15 is 0 Å². The van der Waals surface area contributed by atoms with Crippen LogP contribution in [0, 0.1) is 5.92 Å². The number of hydrogen-bond donors (Lipinski definition) is 2. The van der Waals surface area contributed by atoms with E-state index in [9.17, 15) is 0 Å². The van der Waals surface area contributed by atoms with Gasteiger partial charge in [-0.3, -0.25) is 4.99 Å². The number of H-pyrrole nitrogens is 1. The summed E-state index contributed by atoms with van der Waals surface area (Å²) in [4.78, 5) is 17.9. The lowest BCUT2D eigenvalue weighted by molar-refractivity contribution is -0.684. The summed E-state index contributed by atoms with van der Waals surface area (Å²) in [5, 5.41) is 0. The predicted molar refractivity (Wildman–Crippen MR) is 146 cm³/mol. The number of anilines is 1. The summed E-state index contributed by atoms with van der Waals surface area (Å²) in [7, 11) is 2.25. The van der Waals surface area contributed by atoms with Gasteiger partial charge in [0.25, 0.3) is 5.82 Å². The first kappa shape index (κ1) is 24.8. The lowest BCUT2D eigenvalue weighted by Gasteiger charge is -2.44. The van der Waals surface area contributed by atoms with Gasteiger partial charge >= 0.3 is 0 Å². The second-order valence-corrected chi connectivity index (χ2v) is 10.9. The van der Waals surface area contributed by atoms with Crippen LogP contribution in [0.25, 0.3) is 11.4 Å². The standard InChI is InChI=1S/C28H41N7O/c1-19(2)30-27(31-20(3)29)24-18-34-15-16-36-26-17-22(8-9-23(26)28(34)32-24)35-12-6-5-7-25(35)21-10-13-33(4)14-11-21/h8-9,17-19,21,25H,5-7,10-16H2,1-4H3,(H2,29,30,31)/p+1. The molecule has 3 N–H and O–H groups in total. The maximum Gasteiger partial charge on any atom is 0.291 e. The fourth-order valence-corrected chi connectivity index (χ4v) is 5.97. The maximum absolute atomic E-state index is 6.29. The molecule has 194 valence electrons. The summed E-state index contributed by atoms with van der Waals surface area (Å²) in [6.07, 6.45) is 8.58. The minimum absolute atomic E-state index is 0.122. The molecule has 1 unspecified atom stereocenters. The zero-order chi connectivity index (χ0) is 25.2. The highest BCUT2D eigenvalue weighted by atomic mass is 16.5. The molecule has 2 saturated heterocycles. The van der Waals surface area contributed by atoms with Crippen molar-refractivity contribution >= 4 is 17.4 Å². The third kappa shape index (κ3) is 5.28. The van der Waals surface area contributed by atoms with Crippen LogP contribution in [0.3, 0.4) is 0 Å². The van der Waals surface area contributed by atoms with E-state index in [4.69, 9.17) is 15.5 Å². The number of nitrogens with zero attached hydrogens (tertiary/aromatic N) is 5. The van der Waals surface area contributed by atoms with E-state index in [2.05, 4.69) is 55.8 Å². The molecule has 1 aromatic heterocycles. The average molecular weight is 493 g/mol. The van der Waals surface area contributed by atoms with E-state index in [1.54, 1.807) is 6.92 Å². The van der Waals surface area contributed by atoms with E-state index in [0.29, 0.717) is 24.3 Å². The Balaban J connectivity index is 1.46. The summed E-state index contributed by atoms with van der Waals surface area (Å²) in [5.41, 5.74) is 9.16. The van der Waals surface area contributed by atoms with Crippen LogP contribution in [-0.2, 0) is 6.54 Å². The summed E-state index contributed by atoms with van der Waals surface area (Å²) >= 11 is 0. The monoisotopic (exact) mass is 492 g/mol. The fourth-order valence-electron chi connectivity index (χ4n) is 5.97. The molecule has 1 aromatic carbocycles. The second-order valence-electron chi connectivity index (χ2n) is 10.9. The Morgan fingerprint density at radius 1 is 1.17 bits per heavy atom. The van der Waals surface area contributed by atoms with Crippen molar-refractivity contribution in [2.75, 3.05) is 38.2 Å². The molecule has 0 saturated carbocycles. The van der Waals surface area contributed by atoms with Crippen molar-refractivity contribution in [1.29, 1.82) is 0 Å². The first-order valence-corrected chi connectivity index (χ1v) is 13.6. The molecule has 8 heteroatoms. The molecule has 0 aliphatic carbocycles. The Kier molecular flexibility index (Phi) is 7.32. The number of amidine groups is 2. The van der Waals surface area contributed by atoms with Crippen LogP contribution in [0.4, 0.5) is 5.69 Å². The first-order valence-electron chi connectivity index (χ1n) is 13.6. The van der Waals surface area contributed by atoms with Gasteiger partial charge in [0.2, 0.25) is 11.5 Å². The molecule has 36 heavy (non-hydrogen) atoms. The van der Waals surface area contributed by atoms with Gasteiger partial charge in [0.15, 0.2) is 0 Å². The molecular weight excluding hydrogens is 450 g/mol. The lowest BCUT2D eigenvalue weighted by Crippen LogP contribution is -2.47. The van der Waals surface area contributed by atoms with Crippen LogP contribution in [0.15, 0.2) is 34.4 Å². The Morgan fingerprint density at radius 3 is 2.72 bits per heavy atom. The SMILES string of the molecule is CC(N)=NC(=NC(C)C)c1c[n+]2c([nH]1)-c1ccc(N3CCCCC3C3CCN(C)CC3)cc1OCC2. The van der Waals surface area contributed by atoms with Gasteiger partial charge in [-0.25, -0.2) is 14.5 Å². The van der Waals surface area contributed by atoms with Gasteiger partial charge in [0.05, 0.1) is 5.84 Å². The highest BCUT2D eigenvalue weighted by Crippen LogP contribution is 2.38. The number of imidazole rings is 1. The molecule has 1 atom stereocenters. The van der Waals surface area contributed by atoms with Gasteiger partial charge in [-0.2, -0.15) is 0 Å². The van der Waals surface area contributed by atoms with E-state index in [1.165, 1.54) is 50.9 Å². The van der Waals surface area contributed by atoms with Gasteiger partial charge in [-0.15, -0.1) is 0 Å². The summed E-state index contributed by atoms with van der Waals surface area (Å²) in [6.45, 7) is 10.8. The highest BCUT2D eigenvalue weighted by molar-refractivity contribution is 6.04. The van der Waals surface area contributed by atoms with Crippen molar-refractivity contribution in [3.05, 3.63) is 30.1 Å². The smallest absolute Gasteiger partial charge is 0.291 e. The lowest BCUT2D eigenvalue weighted by atomic mass is 9.83. The quantitative estimate of drug-likeness (QED) is 0.388. The summed E-state index contributed by atoms with van der Waals surface area (Å²) in [5.74, 6) is 3.88. The number of nitrogens with two attached hydrogens (primary N) is 1. The molecule has 5 rings (SSSR count). The third-order valence-electron chi connectivity index (χ3n) is 7.73. The second kappa shape index (κ2) is 10.6. The highest BCUT2D eigenvalue weighted by Gasteiger charge is 2.33. The average Bonchev–Trinajstić information content (AvgIpc) is 3.20. The summed E-state index contributed by atoms with van der Waals surface area (Å²) in [6, 6.07) is 7.53. The predicted octanol–water partition coefficient (Wildman–Crippen LogP) is 3.59. The zero-order valence-corrected chi connectivity index (χ0v) is 22.3. The maximum atomic E-state index is 6.29. The number of aromatic nitrogens is 2. The van der Waals surface area contributed by atoms with Gasteiger partial charge in [0, 0.05) is 30.4 Å². The van der Waals surface area contributed by atoms with Gasteiger partial charge < -0.3 is 20.3 Å². The number of piperidine rings is 2. The Labute approximate surface area is 215 Å². The van der Waals surface area contributed by atoms with Crippen LogP contribution in [0.5, 0.6) is 5.75 Å². The molecule has 0 radical (unpaired) electrons. The normalized spacial score (nSPS) is 22.2. The number of fused-ring (bicyclic) bond motifs is 3. The van der Waals surface area contributed by atoms with Gasteiger partial charge in [0.1, 0.15) is 30.7 Å². The number of aromatic amines is 1. The minimum atomic E-state index is 0.122. The van der Waals surface area contributed by atoms with Crippen LogP contribution in [0.1, 0.15) is 58.6 Å². The Hall–Kier alpha value is -2.87. The molecule has 3 aliphatic rings. The molecule has 2 aromatic rings. The Bertz CT molecular complexity index is 1120. The van der Waals surface area contributed by atoms with E-state index < -0.39 is 0 Å². The summed E-state index contributed by atoms with van der Waals surface area (Å²) < 4.78 is 8.50. The molecule has 4 heterocycles. The van der Waals surface area contributed by atoms with Crippen molar-refractivity contribution < 1.29 is 9.30 Å². The van der Waals surface area contributed by atoms with Crippen molar-refractivity contribution in [1.82, 2.24) is 9.88 Å². The number of aliphatic imine (C=N–C) groups is 2. The largest absolute Gasteiger partial charge is 0.488 e. The number of hydrogen-bond acceptors (Lipinski definition) is 4. The fraction of sp³-hybridized carbons (Fsp3) is 0.607. The van der Waals surface area contributed by atoms with Crippen molar-refractivity contribution in [3.63, 3.8) is 0 Å². The molecule has 2 fully saturated rings. The molecule has 0 spiro atoms. The van der Waals surface area contributed by atoms with Gasteiger partial charge in [-0.1, -0.05) is 0 Å². The number of likely N-dealkylation sites (tertiary alicyclic amines) is 1. The molecular formula is C28H42N7O+. The minimum Gasteiger partial charge on any atom is -0.488 e. The van der Waals surface area contributed by atoms with Gasteiger partial charge in [-0.05, 0) is 91.1 Å². The molecule has 0 amide bonds. The molecule has 3 aliphatic heterocycles. The number of ether oxygens (including phenoxy) is 1. The van der Waals surface area contributed by atoms with Crippen molar-refractivity contribution in [2.24, 2.45) is 21.6 Å². The first-order chi connectivity index (χ1) is 17.4. The van der Waals surface area contributed by atoms with Crippen LogP contribution in [0.2, 0.25) is 0 Å². The van der Waals surface area contributed by atoms with Crippen LogP contribution in [-0.4, -0.2) is 66.9 Å². The molecule has 8 nitrogen and oxygen atoms in total. The molecule has 0 bridgehead atoms. The number of rotatable bonds is 4. The zero-order valence-electron chi connectivity index (χ0n) is 22.3. The number of nitrogens with one attached hydrogen (secondary N) is 1. The third-order valence-corrected chi connectivity index (χ3v) is 7.73. The van der Waals surface area contributed by atoms with E-state index in [1.807, 2.05) is 13.8 Å². The number of benzene rings is 1. The van der Waals surface area contributed by atoms with Crippen molar-refractivity contribution in [3.8, 4) is 17.1 Å². The Morgan fingerprint density at radius 2 is 1.97 bits per heavy atom. The van der Waals surface area contributed by atoms with Crippen LogP contribution < -0.4 is 19.9 Å².